The summed E-state index contributed by atoms with van der Waals surface area (Å²) in [4.78, 5) is 21.5. The largest absolute Gasteiger partial charge is 0.337 e. The fraction of sp³-hybridized carbons (Fsp3) is 0.545. The molecule has 0 fully saturated rings. The molecule has 1 amide bonds. The third kappa shape index (κ3) is 4.40. The molecule has 18 heavy (non-hydrogen) atoms. The lowest BCUT2D eigenvalue weighted by Crippen LogP contribution is -2.35. The number of hydrogen-bond acceptors (Lipinski definition) is 5. The Morgan fingerprint density at radius 2 is 2.06 bits per heavy atom. The number of aryl methyl sites for hydroxylation is 1. The first kappa shape index (κ1) is 14.6. The maximum atomic E-state index is 12.1. The van der Waals surface area contributed by atoms with E-state index in [0.29, 0.717) is 12.2 Å². The molecule has 0 unspecified atom stereocenters. The van der Waals surface area contributed by atoms with E-state index in [2.05, 4.69) is 9.97 Å². The summed E-state index contributed by atoms with van der Waals surface area (Å²) in [5, 5.41) is 0. The standard InChI is InChI=1S/C11H17N3O3S/c1-4-14(5-6-18(3,16)17)11(15)10-8-12-7-9(2)13-10/h7-8H,4-6H2,1-3H3. The number of nitrogens with zero attached hydrogens (tertiary/aromatic N) is 3. The highest BCUT2D eigenvalue weighted by Crippen LogP contribution is 2.02. The summed E-state index contributed by atoms with van der Waals surface area (Å²) in [6.07, 6.45) is 4.10. The lowest BCUT2D eigenvalue weighted by Gasteiger charge is -2.19. The Morgan fingerprint density at radius 1 is 1.39 bits per heavy atom. The SMILES string of the molecule is CCN(CCS(C)(=O)=O)C(=O)c1cncc(C)n1. The first-order chi connectivity index (χ1) is 8.33. The Labute approximate surface area is 107 Å². The summed E-state index contributed by atoms with van der Waals surface area (Å²) >= 11 is 0. The molecule has 0 aliphatic rings. The Kier molecular flexibility index (Phi) is 4.77. The van der Waals surface area contributed by atoms with Crippen molar-refractivity contribution in [3.8, 4) is 0 Å². The third-order valence-corrected chi connectivity index (χ3v) is 3.30. The zero-order valence-electron chi connectivity index (χ0n) is 10.8. The van der Waals surface area contributed by atoms with E-state index < -0.39 is 9.84 Å². The summed E-state index contributed by atoms with van der Waals surface area (Å²) in [6, 6.07) is 0. The molecule has 1 heterocycles. The van der Waals surface area contributed by atoms with Gasteiger partial charge in [0.15, 0.2) is 0 Å². The minimum atomic E-state index is -3.08. The van der Waals surface area contributed by atoms with E-state index in [1.807, 2.05) is 0 Å². The lowest BCUT2D eigenvalue weighted by atomic mass is 10.3. The van der Waals surface area contributed by atoms with Crippen molar-refractivity contribution in [2.75, 3.05) is 25.1 Å². The van der Waals surface area contributed by atoms with E-state index in [9.17, 15) is 13.2 Å². The fourth-order valence-electron chi connectivity index (χ4n) is 1.41. The highest BCUT2D eigenvalue weighted by molar-refractivity contribution is 7.90. The van der Waals surface area contributed by atoms with Crippen LogP contribution in [0.1, 0.15) is 23.1 Å². The molecule has 0 radical (unpaired) electrons. The quantitative estimate of drug-likeness (QED) is 0.769. The number of sulfone groups is 1. The van der Waals surface area contributed by atoms with E-state index >= 15 is 0 Å². The van der Waals surface area contributed by atoms with Crippen LogP contribution in [0, 0.1) is 6.92 Å². The molecule has 0 saturated heterocycles. The number of rotatable bonds is 5. The first-order valence-electron chi connectivity index (χ1n) is 5.59. The Bertz CT molecular complexity index is 528. The van der Waals surface area contributed by atoms with Crippen LogP contribution >= 0.6 is 0 Å². The van der Waals surface area contributed by atoms with Crippen molar-refractivity contribution in [2.24, 2.45) is 0 Å². The van der Waals surface area contributed by atoms with Gasteiger partial charge in [-0.2, -0.15) is 0 Å². The van der Waals surface area contributed by atoms with Crippen LogP contribution in [0.15, 0.2) is 12.4 Å². The van der Waals surface area contributed by atoms with Crippen LogP contribution in [0.4, 0.5) is 0 Å². The molecular formula is C11H17N3O3S. The van der Waals surface area contributed by atoms with E-state index in [0.717, 1.165) is 6.26 Å². The van der Waals surface area contributed by atoms with Crippen molar-refractivity contribution in [1.82, 2.24) is 14.9 Å². The van der Waals surface area contributed by atoms with Crippen molar-refractivity contribution in [3.63, 3.8) is 0 Å². The summed E-state index contributed by atoms with van der Waals surface area (Å²) in [6.45, 7) is 4.15. The predicted octanol–water partition coefficient (Wildman–Crippen LogP) is 0.292. The Hall–Kier alpha value is -1.50. The molecular weight excluding hydrogens is 254 g/mol. The van der Waals surface area contributed by atoms with E-state index in [1.165, 1.54) is 11.1 Å². The van der Waals surface area contributed by atoms with Crippen LogP contribution in [-0.4, -0.2) is 54.3 Å². The summed E-state index contributed by atoms with van der Waals surface area (Å²) in [5.41, 5.74) is 0.894. The number of aromatic nitrogens is 2. The van der Waals surface area contributed by atoms with Crippen molar-refractivity contribution >= 4 is 15.7 Å². The molecule has 0 N–H and O–H groups in total. The number of hydrogen-bond donors (Lipinski definition) is 0. The van der Waals surface area contributed by atoms with Gasteiger partial charge in [-0.05, 0) is 13.8 Å². The van der Waals surface area contributed by atoms with Crippen LogP contribution in [0.25, 0.3) is 0 Å². The van der Waals surface area contributed by atoms with Gasteiger partial charge in [0.1, 0.15) is 15.5 Å². The van der Waals surface area contributed by atoms with Crippen LogP contribution in [0.2, 0.25) is 0 Å². The van der Waals surface area contributed by atoms with Gasteiger partial charge in [0.2, 0.25) is 0 Å². The van der Waals surface area contributed by atoms with Crippen molar-refractivity contribution in [3.05, 3.63) is 23.8 Å². The minimum absolute atomic E-state index is 0.0498. The van der Waals surface area contributed by atoms with Gasteiger partial charge in [-0.1, -0.05) is 0 Å². The summed E-state index contributed by atoms with van der Waals surface area (Å²) < 4.78 is 22.2. The molecule has 0 saturated carbocycles. The van der Waals surface area contributed by atoms with E-state index in [4.69, 9.17) is 0 Å². The van der Waals surface area contributed by atoms with Crippen LogP contribution in [-0.2, 0) is 9.84 Å². The van der Waals surface area contributed by atoms with Gasteiger partial charge in [-0.15, -0.1) is 0 Å². The molecule has 6 nitrogen and oxygen atoms in total. The normalized spacial score (nSPS) is 11.3. The molecule has 1 rings (SSSR count). The zero-order chi connectivity index (χ0) is 13.8. The fourth-order valence-corrected chi connectivity index (χ4v) is 1.96. The van der Waals surface area contributed by atoms with Crippen LogP contribution in [0.5, 0.6) is 0 Å². The second-order valence-corrected chi connectivity index (χ2v) is 6.32. The smallest absolute Gasteiger partial charge is 0.274 e. The zero-order valence-corrected chi connectivity index (χ0v) is 11.6. The van der Waals surface area contributed by atoms with Crippen LogP contribution in [0.3, 0.4) is 0 Å². The van der Waals surface area contributed by atoms with Gasteiger partial charge in [-0.25, -0.2) is 13.4 Å². The van der Waals surface area contributed by atoms with Crippen molar-refractivity contribution < 1.29 is 13.2 Å². The summed E-state index contributed by atoms with van der Waals surface area (Å²) in [7, 11) is -3.08. The second-order valence-electron chi connectivity index (χ2n) is 4.06. The highest BCUT2D eigenvalue weighted by atomic mass is 32.2. The monoisotopic (exact) mass is 271 g/mol. The molecule has 100 valence electrons. The maximum Gasteiger partial charge on any atom is 0.274 e. The molecule has 0 aromatic carbocycles. The van der Waals surface area contributed by atoms with E-state index in [-0.39, 0.29) is 23.9 Å². The molecule has 0 spiro atoms. The van der Waals surface area contributed by atoms with E-state index in [1.54, 1.807) is 20.0 Å². The molecule has 1 aromatic rings. The highest BCUT2D eigenvalue weighted by Gasteiger charge is 2.17. The number of amides is 1. The third-order valence-electron chi connectivity index (χ3n) is 2.38. The first-order valence-corrected chi connectivity index (χ1v) is 7.65. The topological polar surface area (TPSA) is 80.2 Å². The molecule has 0 atom stereocenters. The number of carbonyl (C=O) groups excluding carboxylic acids is 1. The Balaban J connectivity index is 2.80. The molecule has 1 aromatic heterocycles. The molecule has 0 aliphatic carbocycles. The molecule has 7 heteroatoms. The maximum absolute atomic E-state index is 12.1. The van der Waals surface area contributed by atoms with Gasteiger partial charge in [-0.3, -0.25) is 9.78 Å². The van der Waals surface area contributed by atoms with Gasteiger partial charge >= 0.3 is 0 Å². The van der Waals surface area contributed by atoms with Gasteiger partial charge in [0, 0.05) is 25.5 Å². The average molecular weight is 271 g/mol. The van der Waals surface area contributed by atoms with Gasteiger partial charge < -0.3 is 4.90 Å². The number of carbonyl (C=O) groups is 1. The van der Waals surface area contributed by atoms with Crippen LogP contribution < -0.4 is 0 Å². The predicted molar refractivity (Wildman–Crippen MR) is 68.1 cm³/mol. The summed E-state index contributed by atoms with van der Waals surface area (Å²) in [5.74, 6) is -0.344. The van der Waals surface area contributed by atoms with Gasteiger partial charge in [0.25, 0.3) is 5.91 Å². The molecule has 0 aliphatic heterocycles. The van der Waals surface area contributed by atoms with Crippen molar-refractivity contribution in [1.29, 1.82) is 0 Å². The van der Waals surface area contributed by atoms with Gasteiger partial charge in [0.05, 0.1) is 17.6 Å². The lowest BCUT2D eigenvalue weighted by molar-refractivity contribution is 0.0767. The molecule has 0 bridgehead atoms. The second kappa shape index (κ2) is 5.90. The average Bonchev–Trinajstić information content (AvgIpc) is 2.28. The minimum Gasteiger partial charge on any atom is -0.337 e. The van der Waals surface area contributed by atoms with Crippen molar-refractivity contribution in [2.45, 2.75) is 13.8 Å². The Morgan fingerprint density at radius 3 is 2.56 bits per heavy atom.